The summed E-state index contributed by atoms with van der Waals surface area (Å²) in [5.74, 6) is -0.131. The molecule has 1 aromatic carbocycles. The lowest BCUT2D eigenvalue weighted by molar-refractivity contribution is -0.116. The van der Waals surface area contributed by atoms with E-state index in [9.17, 15) is 4.79 Å². The molecule has 1 amide bonds. The summed E-state index contributed by atoms with van der Waals surface area (Å²) < 4.78 is 0. The van der Waals surface area contributed by atoms with Gasteiger partial charge in [-0.2, -0.15) is 0 Å². The standard InChI is InChI=1S/C15H15N3O/c16-14-4-1-12(2-5-14)3-6-15(19)18-11-13-7-9-17-10-8-13/h1-10H,11,16H2,(H,18,19)/b6-3+. The van der Waals surface area contributed by atoms with Gasteiger partial charge in [0.15, 0.2) is 0 Å². The summed E-state index contributed by atoms with van der Waals surface area (Å²) in [4.78, 5) is 15.5. The van der Waals surface area contributed by atoms with E-state index in [2.05, 4.69) is 10.3 Å². The second-order valence-corrected chi connectivity index (χ2v) is 4.07. The maximum absolute atomic E-state index is 11.6. The summed E-state index contributed by atoms with van der Waals surface area (Å²) in [5.41, 5.74) is 8.25. The van der Waals surface area contributed by atoms with Gasteiger partial charge in [-0.1, -0.05) is 12.1 Å². The van der Waals surface area contributed by atoms with E-state index < -0.39 is 0 Å². The van der Waals surface area contributed by atoms with Crippen molar-refractivity contribution in [1.82, 2.24) is 10.3 Å². The molecule has 3 N–H and O–H groups in total. The Hall–Kier alpha value is -2.62. The Morgan fingerprint density at radius 2 is 1.84 bits per heavy atom. The van der Waals surface area contributed by atoms with Crippen LogP contribution in [0.4, 0.5) is 5.69 Å². The number of hydrogen-bond acceptors (Lipinski definition) is 3. The Morgan fingerprint density at radius 3 is 2.53 bits per heavy atom. The molecule has 1 aromatic heterocycles. The van der Waals surface area contributed by atoms with Gasteiger partial charge in [0.1, 0.15) is 0 Å². The first-order valence-corrected chi connectivity index (χ1v) is 5.94. The maximum atomic E-state index is 11.6. The number of amides is 1. The van der Waals surface area contributed by atoms with Crippen LogP contribution in [0.15, 0.2) is 54.9 Å². The maximum Gasteiger partial charge on any atom is 0.244 e. The average molecular weight is 253 g/mol. The lowest BCUT2D eigenvalue weighted by Gasteiger charge is -2.01. The normalized spacial score (nSPS) is 10.5. The second-order valence-electron chi connectivity index (χ2n) is 4.07. The number of carbonyl (C=O) groups is 1. The number of benzene rings is 1. The highest BCUT2D eigenvalue weighted by atomic mass is 16.1. The molecule has 2 rings (SSSR count). The first kappa shape index (κ1) is 12.8. The lowest BCUT2D eigenvalue weighted by atomic mass is 10.2. The van der Waals surface area contributed by atoms with E-state index in [-0.39, 0.29) is 5.91 Å². The SMILES string of the molecule is Nc1ccc(/C=C/C(=O)NCc2ccncc2)cc1. The van der Waals surface area contributed by atoms with E-state index in [0.29, 0.717) is 12.2 Å². The third kappa shape index (κ3) is 4.27. The smallest absolute Gasteiger partial charge is 0.244 e. The minimum absolute atomic E-state index is 0.131. The number of pyridine rings is 1. The number of carbonyl (C=O) groups excluding carboxylic acids is 1. The van der Waals surface area contributed by atoms with Crippen molar-refractivity contribution in [2.24, 2.45) is 0 Å². The van der Waals surface area contributed by atoms with Crippen LogP contribution in [0.1, 0.15) is 11.1 Å². The van der Waals surface area contributed by atoms with Crippen molar-refractivity contribution in [3.05, 3.63) is 66.0 Å². The van der Waals surface area contributed by atoms with Gasteiger partial charge < -0.3 is 11.1 Å². The van der Waals surface area contributed by atoms with Crippen LogP contribution in [0.3, 0.4) is 0 Å². The van der Waals surface area contributed by atoms with Crippen LogP contribution in [-0.2, 0) is 11.3 Å². The monoisotopic (exact) mass is 253 g/mol. The van der Waals surface area contributed by atoms with Crippen LogP contribution in [-0.4, -0.2) is 10.9 Å². The number of aromatic nitrogens is 1. The first-order chi connectivity index (χ1) is 9.24. The zero-order valence-electron chi connectivity index (χ0n) is 10.4. The largest absolute Gasteiger partial charge is 0.399 e. The summed E-state index contributed by atoms with van der Waals surface area (Å²) >= 11 is 0. The molecule has 4 nitrogen and oxygen atoms in total. The molecule has 19 heavy (non-hydrogen) atoms. The van der Waals surface area contributed by atoms with Crippen LogP contribution >= 0.6 is 0 Å². The fourth-order valence-electron chi connectivity index (χ4n) is 1.53. The molecule has 0 aliphatic rings. The summed E-state index contributed by atoms with van der Waals surface area (Å²) in [6.45, 7) is 0.493. The zero-order valence-corrected chi connectivity index (χ0v) is 10.4. The van der Waals surface area contributed by atoms with Gasteiger partial charge in [0.2, 0.25) is 5.91 Å². The van der Waals surface area contributed by atoms with Crippen LogP contribution in [0, 0.1) is 0 Å². The molecule has 0 fully saturated rings. The minimum Gasteiger partial charge on any atom is -0.399 e. The molecule has 0 atom stereocenters. The molecule has 96 valence electrons. The third-order valence-electron chi connectivity index (χ3n) is 2.58. The van der Waals surface area contributed by atoms with Crippen LogP contribution in [0.2, 0.25) is 0 Å². The number of rotatable bonds is 4. The predicted octanol–water partition coefficient (Wildman–Crippen LogP) is 1.99. The van der Waals surface area contributed by atoms with E-state index >= 15 is 0 Å². The fraction of sp³-hybridized carbons (Fsp3) is 0.0667. The van der Waals surface area contributed by atoms with Gasteiger partial charge in [0, 0.05) is 30.7 Å². The van der Waals surface area contributed by atoms with Gasteiger partial charge in [-0.15, -0.1) is 0 Å². The summed E-state index contributed by atoms with van der Waals surface area (Å²) in [5, 5.41) is 2.80. The Bertz CT molecular complexity index is 562. The van der Waals surface area contributed by atoms with Crippen molar-refractivity contribution in [3.63, 3.8) is 0 Å². The van der Waals surface area contributed by atoms with E-state index in [0.717, 1.165) is 11.1 Å². The third-order valence-corrected chi connectivity index (χ3v) is 2.58. The van der Waals surface area contributed by atoms with E-state index in [1.54, 1.807) is 30.6 Å². The number of hydrogen-bond donors (Lipinski definition) is 2. The number of nitrogens with two attached hydrogens (primary N) is 1. The Kier molecular flexibility index (Phi) is 4.29. The number of nitrogens with one attached hydrogen (secondary N) is 1. The lowest BCUT2D eigenvalue weighted by Crippen LogP contribution is -2.20. The number of anilines is 1. The molecule has 0 saturated heterocycles. The molecule has 2 aromatic rings. The Balaban J connectivity index is 1.86. The van der Waals surface area contributed by atoms with Crippen molar-refractivity contribution in [1.29, 1.82) is 0 Å². The summed E-state index contributed by atoms with van der Waals surface area (Å²) in [6.07, 6.45) is 6.66. The van der Waals surface area contributed by atoms with Gasteiger partial charge in [-0.25, -0.2) is 0 Å². The summed E-state index contributed by atoms with van der Waals surface area (Å²) in [6, 6.07) is 11.1. The minimum atomic E-state index is -0.131. The van der Waals surface area contributed by atoms with Gasteiger partial charge in [-0.3, -0.25) is 9.78 Å². The van der Waals surface area contributed by atoms with Crippen LogP contribution < -0.4 is 11.1 Å². The molecule has 1 heterocycles. The molecule has 0 bridgehead atoms. The number of nitrogens with zero attached hydrogens (tertiary/aromatic N) is 1. The van der Waals surface area contributed by atoms with Crippen molar-refractivity contribution >= 4 is 17.7 Å². The molecular weight excluding hydrogens is 238 g/mol. The van der Waals surface area contributed by atoms with Crippen LogP contribution in [0.5, 0.6) is 0 Å². The quantitative estimate of drug-likeness (QED) is 0.647. The van der Waals surface area contributed by atoms with Crippen molar-refractivity contribution < 1.29 is 4.79 Å². The highest BCUT2D eigenvalue weighted by Crippen LogP contribution is 2.06. The topological polar surface area (TPSA) is 68.0 Å². The van der Waals surface area contributed by atoms with Gasteiger partial charge in [0.25, 0.3) is 0 Å². The van der Waals surface area contributed by atoms with E-state index in [1.807, 2.05) is 24.3 Å². The van der Waals surface area contributed by atoms with Gasteiger partial charge in [-0.05, 0) is 41.5 Å². The highest BCUT2D eigenvalue weighted by molar-refractivity contribution is 5.91. The number of nitrogen functional groups attached to an aromatic ring is 1. The molecule has 4 heteroatoms. The molecule has 0 unspecified atom stereocenters. The van der Waals surface area contributed by atoms with Crippen molar-refractivity contribution in [3.8, 4) is 0 Å². The Labute approximate surface area is 112 Å². The molecule has 0 saturated carbocycles. The average Bonchev–Trinajstić information content (AvgIpc) is 2.45. The van der Waals surface area contributed by atoms with Gasteiger partial charge >= 0.3 is 0 Å². The van der Waals surface area contributed by atoms with Crippen LogP contribution in [0.25, 0.3) is 6.08 Å². The predicted molar refractivity (Wildman–Crippen MR) is 76.0 cm³/mol. The molecular formula is C15H15N3O. The van der Waals surface area contributed by atoms with E-state index in [1.165, 1.54) is 6.08 Å². The molecule has 0 radical (unpaired) electrons. The first-order valence-electron chi connectivity index (χ1n) is 5.94. The van der Waals surface area contributed by atoms with E-state index in [4.69, 9.17) is 5.73 Å². The Morgan fingerprint density at radius 1 is 1.16 bits per heavy atom. The highest BCUT2D eigenvalue weighted by Gasteiger charge is 1.96. The zero-order chi connectivity index (χ0) is 13.5. The molecule has 0 aliphatic carbocycles. The molecule has 0 aliphatic heterocycles. The fourth-order valence-corrected chi connectivity index (χ4v) is 1.53. The van der Waals surface area contributed by atoms with Crippen molar-refractivity contribution in [2.75, 3.05) is 5.73 Å². The van der Waals surface area contributed by atoms with Crippen molar-refractivity contribution in [2.45, 2.75) is 6.54 Å². The van der Waals surface area contributed by atoms with Gasteiger partial charge in [0.05, 0.1) is 0 Å². The molecule has 0 spiro atoms. The second kappa shape index (κ2) is 6.35. The summed E-state index contributed by atoms with van der Waals surface area (Å²) in [7, 11) is 0.